The fourth-order valence-corrected chi connectivity index (χ4v) is 3.34. The van der Waals surface area contributed by atoms with Crippen molar-refractivity contribution in [1.82, 2.24) is 20.4 Å². The first-order chi connectivity index (χ1) is 9.88. The first kappa shape index (κ1) is 17.0. The van der Waals surface area contributed by atoms with Gasteiger partial charge in [-0.25, -0.2) is 4.79 Å². The second kappa shape index (κ2) is 6.04. The van der Waals surface area contributed by atoms with Crippen LogP contribution in [0.15, 0.2) is 0 Å². The number of halogens is 1. The lowest BCUT2D eigenvalue weighted by Gasteiger charge is -2.30. The molecular formula is C14H23ClN4O3. The van der Waals surface area contributed by atoms with Crippen LogP contribution in [-0.2, 0) is 9.59 Å². The molecule has 0 spiro atoms. The zero-order chi connectivity index (χ0) is 15.2. The number of carbonyl (C=O) groups is 3. The molecule has 0 unspecified atom stereocenters. The summed E-state index contributed by atoms with van der Waals surface area (Å²) in [5, 5.41) is 5.72. The Bertz CT molecular complexity index is 474. The Balaban J connectivity index is 0.00000176. The predicted molar refractivity (Wildman–Crippen MR) is 82.7 cm³/mol. The summed E-state index contributed by atoms with van der Waals surface area (Å²) in [6.45, 7) is 5.68. The molecule has 4 saturated heterocycles. The SMILES string of the molecule is CC1(C)C(=O)NC(=O)N1CC(=O)N1C[C@H]2CC[C@@H](C1)NC2.Cl. The molecule has 124 valence electrons. The van der Waals surface area contributed by atoms with Crippen LogP contribution < -0.4 is 10.6 Å². The molecule has 4 amide bonds. The molecule has 0 radical (unpaired) electrons. The average molecular weight is 331 g/mol. The molecule has 4 rings (SSSR count). The summed E-state index contributed by atoms with van der Waals surface area (Å²) in [5.41, 5.74) is -0.962. The van der Waals surface area contributed by atoms with E-state index in [1.54, 1.807) is 13.8 Å². The highest BCUT2D eigenvalue weighted by atomic mass is 35.5. The largest absolute Gasteiger partial charge is 0.339 e. The van der Waals surface area contributed by atoms with E-state index in [1.807, 2.05) is 4.90 Å². The van der Waals surface area contributed by atoms with Gasteiger partial charge >= 0.3 is 6.03 Å². The summed E-state index contributed by atoms with van der Waals surface area (Å²) in [5.74, 6) is 0.0705. The second-order valence-corrected chi connectivity index (χ2v) is 6.75. The van der Waals surface area contributed by atoms with E-state index in [9.17, 15) is 14.4 Å². The van der Waals surface area contributed by atoms with Gasteiger partial charge in [0.1, 0.15) is 12.1 Å². The van der Waals surface area contributed by atoms with Crippen LogP contribution in [-0.4, -0.2) is 65.4 Å². The molecule has 4 aliphatic heterocycles. The van der Waals surface area contributed by atoms with Crippen molar-refractivity contribution < 1.29 is 14.4 Å². The fraction of sp³-hybridized carbons (Fsp3) is 0.786. The molecule has 2 atom stereocenters. The Labute approximate surface area is 136 Å². The first-order valence-corrected chi connectivity index (χ1v) is 7.52. The third kappa shape index (κ3) is 2.92. The van der Waals surface area contributed by atoms with Crippen molar-refractivity contribution in [1.29, 1.82) is 0 Å². The van der Waals surface area contributed by atoms with Gasteiger partial charge in [0.25, 0.3) is 5.91 Å². The smallest absolute Gasteiger partial charge is 0.325 e. The van der Waals surface area contributed by atoms with E-state index in [1.165, 1.54) is 4.90 Å². The van der Waals surface area contributed by atoms with E-state index in [0.717, 1.165) is 25.9 Å². The Morgan fingerprint density at radius 3 is 2.55 bits per heavy atom. The van der Waals surface area contributed by atoms with Gasteiger partial charge in [-0.15, -0.1) is 12.4 Å². The van der Waals surface area contributed by atoms with Crippen LogP contribution in [0.2, 0.25) is 0 Å². The molecule has 0 aliphatic carbocycles. The first-order valence-electron chi connectivity index (χ1n) is 7.52. The fourth-order valence-electron chi connectivity index (χ4n) is 3.34. The molecule has 0 saturated carbocycles. The van der Waals surface area contributed by atoms with Crippen molar-refractivity contribution >= 4 is 30.3 Å². The summed E-state index contributed by atoms with van der Waals surface area (Å²) >= 11 is 0. The van der Waals surface area contributed by atoms with Gasteiger partial charge in [-0.3, -0.25) is 14.9 Å². The molecule has 0 aromatic heterocycles. The van der Waals surface area contributed by atoms with E-state index in [4.69, 9.17) is 0 Å². The molecule has 7 nitrogen and oxygen atoms in total. The molecule has 0 aromatic carbocycles. The number of amides is 4. The normalized spacial score (nSPS) is 29.9. The molecule has 4 fully saturated rings. The lowest BCUT2D eigenvalue weighted by Crippen LogP contribution is -2.50. The number of urea groups is 1. The van der Waals surface area contributed by atoms with Crippen LogP contribution in [0.25, 0.3) is 0 Å². The van der Waals surface area contributed by atoms with Gasteiger partial charge in [-0.1, -0.05) is 0 Å². The number of fused-ring (bicyclic) bond motifs is 4. The molecule has 0 aromatic rings. The maximum atomic E-state index is 12.5. The second-order valence-electron chi connectivity index (χ2n) is 6.75. The maximum Gasteiger partial charge on any atom is 0.325 e. The van der Waals surface area contributed by atoms with Crippen molar-refractivity contribution in [2.75, 3.05) is 26.2 Å². The number of rotatable bonds is 2. The number of imide groups is 1. The van der Waals surface area contributed by atoms with Crippen LogP contribution in [0.5, 0.6) is 0 Å². The molecule has 8 heteroatoms. The summed E-state index contributed by atoms with van der Waals surface area (Å²) in [6, 6.07) is -0.121. The third-order valence-electron chi connectivity index (χ3n) is 4.88. The Kier molecular flexibility index (Phi) is 4.67. The molecule has 4 heterocycles. The van der Waals surface area contributed by atoms with E-state index in [-0.39, 0.29) is 30.8 Å². The lowest BCUT2D eigenvalue weighted by molar-refractivity contribution is -0.134. The van der Waals surface area contributed by atoms with E-state index in [0.29, 0.717) is 18.5 Å². The minimum absolute atomic E-state index is 0. The van der Waals surface area contributed by atoms with Crippen LogP contribution in [0, 0.1) is 5.92 Å². The number of nitrogens with zero attached hydrogens (tertiary/aromatic N) is 2. The number of hydrogen-bond acceptors (Lipinski definition) is 4. The van der Waals surface area contributed by atoms with Gasteiger partial charge in [0.15, 0.2) is 0 Å². The predicted octanol–water partition coefficient (Wildman–Crippen LogP) is -0.0510. The van der Waals surface area contributed by atoms with E-state index >= 15 is 0 Å². The molecule has 22 heavy (non-hydrogen) atoms. The molecule has 4 aliphatic rings. The van der Waals surface area contributed by atoms with Crippen molar-refractivity contribution in [3.63, 3.8) is 0 Å². The van der Waals surface area contributed by atoms with Crippen molar-refractivity contribution in [3.8, 4) is 0 Å². The van der Waals surface area contributed by atoms with Gasteiger partial charge in [-0.2, -0.15) is 0 Å². The van der Waals surface area contributed by atoms with Crippen molar-refractivity contribution in [3.05, 3.63) is 0 Å². The summed E-state index contributed by atoms with van der Waals surface area (Å²) < 4.78 is 0. The van der Waals surface area contributed by atoms with Gasteiger partial charge in [-0.05, 0) is 39.2 Å². The van der Waals surface area contributed by atoms with E-state index in [2.05, 4.69) is 10.6 Å². The Hall–Kier alpha value is -1.34. The molecule has 2 N–H and O–H groups in total. The highest BCUT2D eigenvalue weighted by molar-refractivity contribution is 6.07. The van der Waals surface area contributed by atoms with Gasteiger partial charge in [0.2, 0.25) is 5.91 Å². The van der Waals surface area contributed by atoms with Crippen molar-refractivity contribution in [2.24, 2.45) is 5.92 Å². The summed E-state index contributed by atoms with van der Waals surface area (Å²) in [7, 11) is 0. The summed E-state index contributed by atoms with van der Waals surface area (Å²) in [4.78, 5) is 39.3. The highest BCUT2D eigenvalue weighted by Gasteiger charge is 2.46. The van der Waals surface area contributed by atoms with Gasteiger partial charge in [0, 0.05) is 19.1 Å². The standard InChI is InChI=1S/C14H22N4O3.ClH/c1-14(2)12(20)16-13(21)18(14)8-11(19)17-6-9-3-4-10(7-17)15-5-9;/h9-10,15H,3-8H2,1-2H3,(H,16,20,21);1H/t9-,10-;/m0./s1. The zero-order valence-electron chi connectivity index (χ0n) is 12.9. The lowest BCUT2D eigenvalue weighted by atomic mass is 9.97. The number of hydrogen-bond donors (Lipinski definition) is 2. The average Bonchev–Trinajstić information content (AvgIpc) is 2.68. The molecular weight excluding hydrogens is 308 g/mol. The van der Waals surface area contributed by atoms with Crippen LogP contribution >= 0.6 is 12.4 Å². The minimum Gasteiger partial charge on any atom is -0.339 e. The highest BCUT2D eigenvalue weighted by Crippen LogP contribution is 2.24. The monoisotopic (exact) mass is 330 g/mol. The van der Waals surface area contributed by atoms with E-state index < -0.39 is 11.6 Å². The number of carbonyl (C=O) groups excluding carboxylic acids is 3. The third-order valence-corrected chi connectivity index (χ3v) is 4.88. The zero-order valence-corrected chi connectivity index (χ0v) is 13.7. The number of nitrogens with one attached hydrogen (secondary N) is 2. The topological polar surface area (TPSA) is 81.8 Å². The molecule has 2 bridgehead atoms. The quantitative estimate of drug-likeness (QED) is 0.696. The van der Waals surface area contributed by atoms with Crippen LogP contribution in [0.4, 0.5) is 4.79 Å². The number of piperidine rings is 1. The Morgan fingerprint density at radius 2 is 2.00 bits per heavy atom. The Morgan fingerprint density at radius 1 is 1.27 bits per heavy atom. The summed E-state index contributed by atoms with van der Waals surface area (Å²) in [6.07, 6.45) is 2.25. The maximum absolute atomic E-state index is 12.5. The van der Waals surface area contributed by atoms with Crippen molar-refractivity contribution in [2.45, 2.75) is 38.3 Å². The van der Waals surface area contributed by atoms with Gasteiger partial charge in [0.05, 0.1) is 0 Å². The van der Waals surface area contributed by atoms with Gasteiger partial charge < -0.3 is 15.1 Å². The minimum atomic E-state index is -0.962. The van der Waals surface area contributed by atoms with Crippen LogP contribution in [0.3, 0.4) is 0 Å². The van der Waals surface area contributed by atoms with Crippen LogP contribution in [0.1, 0.15) is 26.7 Å².